The number of amides is 2. The molecule has 11 heteroatoms. The van der Waals surface area contributed by atoms with Crippen LogP contribution in [0.2, 0.25) is 0 Å². The van der Waals surface area contributed by atoms with Gasteiger partial charge in [-0.25, -0.2) is 22.9 Å². The largest absolute Gasteiger partial charge is 0.481 e. The van der Waals surface area contributed by atoms with Crippen molar-refractivity contribution >= 4 is 53.9 Å². The summed E-state index contributed by atoms with van der Waals surface area (Å²) in [5, 5.41) is 2.40. The van der Waals surface area contributed by atoms with Gasteiger partial charge in [-0.05, 0) is 32.6 Å². The molecule has 2 unspecified atom stereocenters. The SMILES string of the molecule is CCCCc1c(C)nc(NC(=O)NS(=O)(=O)C2(Br)CCCCC2Br)nc1OC. The van der Waals surface area contributed by atoms with E-state index in [-0.39, 0.29) is 10.8 Å². The van der Waals surface area contributed by atoms with Crippen LogP contribution in [-0.4, -0.2) is 40.0 Å². The van der Waals surface area contributed by atoms with E-state index in [1.165, 1.54) is 7.11 Å². The molecule has 0 spiro atoms. The summed E-state index contributed by atoms with van der Waals surface area (Å²) in [7, 11) is -2.48. The predicted octanol–water partition coefficient (Wildman–Crippen LogP) is 4.02. The minimum atomic E-state index is -3.98. The van der Waals surface area contributed by atoms with Crippen molar-refractivity contribution in [2.24, 2.45) is 0 Å². The number of carbonyl (C=O) groups excluding carboxylic acids is 1. The van der Waals surface area contributed by atoms with E-state index in [0.717, 1.165) is 37.7 Å². The normalized spacial score (nSPS) is 22.5. The Morgan fingerprint density at radius 1 is 1.36 bits per heavy atom. The highest BCUT2D eigenvalue weighted by molar-refractivity contribution is 9.13. The number of hydrogen-bond acceptors (Lipinski definition) is 6. The van der Waals surface area contributed by atoms with Gasteiger partial charge in [0.05, 0.1) is 7.11 Å². The number of halogens is 2. The van der Waals surface area contributed by atoms with E-state index in [0.29, 0.717) is 24.4 Å². The molecular weight excluding hydrogens is 516 g/mol. The van der Waals surface area contributed by atoms with Crippen molar-refractivity contribution in [2.75, 3.05) is 12.4 Å². The van der Waals surface area contributed by atoms with Crippen LogP contribution in [0.15, 0.2) is 0 Å². The molecule has 0 radical (unpaired) electrons. The Labute approximate surface area is 182 Å². The van der Waals surface area contributed by atoms with E-state index in [9.17, 15) is 13.2 Å². The average Bonchev–Trinajstić information content (AvgIpc) is 2.62. The van der Waals surface area contributed by atoms with Gasteiger partial charge in [-0.3, -0.25) is 5.32 Å². The molecule has 8 nitrogen and oxygen atoms in total. The first-order valence-corrected chi connectivity index (χ1v) is 12.4. The smallest absolute Gasteiger partial charge is 0.335 e. The number of unbranched alkanes of at least 4 members (excludes halogenated alkanes) is 1. The Bertz CT molecular complexity index is 822. The van der Waals surface area contributed by atoms with Crippen LogP contribution >= 0.6 is 31.9 Å². The zero-order valence-corrected chi connectivity index (χ0v) is 20.2. The number of aromatic nitrogens is 2. The number of nitrogens with one attached hydrogen (secondary N) is 2. The molecule has 1 saturated carbocycles. The topological polar surface area (TPSA) is 110 Å². The van der Waals surface area contributed by atoms with Gasteiger partial charge in [-0.1, -0.05) is 58.0 Å². The second-order valence-corrected chi connectivity index (χ2v) is 11.8. The number of methoxy groups -OCH3 is 1. The highest BCUT2D eigenvalue weighted by Gasteiger charge is 2.49. The Hall–Kier alpha value is -0.940. The highest BCUT2D eigenvalue weighted by atomic mass is 79.9. The minimum absolute atomic E-state index is 0.00930. The van der Waals surface area contributed by atoms with E-state index in [1.807, 2.05) is 0 Å². The first-order valence-electron chi connectivity index (χ1n) is 9.22. The van der Waals surface area contributed by atoms with Gasteiger partial charge < -0.3 is 4.74 Å². The fraction of sp³-hybridized carbons (Fsp3) is 0.706. The molecule has 1 fully saturated rings. The third-order valence-corrected chi connectivity index (χ3v) is 11.0. The van der Waals surface area contributed by atoms with Gasteiger partial charge in [0.1, 0.15) is 0 Å². The molecule has 0 saturated heterocycles. The number of urea groups is 1. The molecule has 1 aliphatic carbocycles. The summed E-state index contributed by atoms with van der Waals surface area (Å²) in [5.41, 5.74) is 1.56. The Balaban J connectivity index is 2.15. The summed E-state index contributed by atoms with van der Waals surface area (Å²) in [4.78, 5) is 20.5. The maximum Gasteiger partial charge on any atom is 0.335 e. The zero-order chi connectivity index (χ0) is 20.9. The molecule has 1 aliphatic rings. The lowest BCUT2D eigenvalue weighted by atomic mass is 10.00. The molecule has 2 rings (SSSR count). The molecule has 2 N–H and O–H groups in total. The van der Waals surface area contributed by atoms with Gasteiger partial charge in [-0.15, -0.1) is 0 Å². The Morgan fingerprint density at radius 3 is 2.68 bits per heavy atom. The average molecular weight is 542 g/mol. The molecule has 2 atom stereocenters. The van der Waals surface area contributed by atoms with E-state index in [2.05, 4.69) is 58.8 Å². The summed E-state index contributed by atoms with van der Waals surface area (Å²) in [6.45, 7) is 3.89. The van der Waals surface area contributed by atoms with Crippen LogP contribution in [0.5, 0.6) is 5.88 Å². The lowest BCUT2D eigenvalue weighted by Crippen LogP contribution is -2.51. The predicted molar refractivity (Wildman–Crippen MR) is 116 cm³/mol. The van der Waals surface area contributed by atoms with Crippen molar-refractivity contribution < 1.29 is 17.9 Å². The number of alkyl halides is 2. The van der Waals surface area contributed by atoms with Crippen LogP contribution in [0.1, 0.15) is 56.7 Å². The summed E-state index contributed by atoms with van der Waals surface area (Å²) < 4.78 is 31.7. The molecule has 28 heavy (non-hydrogen) atoms. The number of nitrogens with zero attached hydrogens (tertiary/aromatic N) is 2. The van der Waals surface area contributed by atoms with Crippen molar-refractivity contribution in [3.05, 3.63) is 11.3 Å². The van der Waals surface area contributed by atoms with Crippen molar-refractivity contribution in [1.29, 1.82) is 0 Å². The van der Waals surface area contributed by atoms with Crippen molar-refractivity contribution in [2.45, 2.75) is 67.3 Å². The zero-order valence-electron chi connectivity index (χ0n) is 16.2. The fourth-order valence-electron chi connectivity index (χ4n) is 3.13. The second-order valence-electron chi connectivity index (χ2n) is 6.78. The molecule has 0 aliphatic heterocycles. The van der Waals surface area contributed by atoms with Gasteiger partial charge in [0.2, 0.25) is 11.8 Å². The molecule has 1 aromatic rings. The number of sulfonamides is 1. The van der Waals surface area contributed by atoms with Crippen LogP contribution in [0.4, 0.5) is 10.7 Å². The maximum atomic E-state index is 12.8. The lowest BCUT2D eigenvalue weighted by molar-refractivity contribution is 0.256. The Morgan fingerprint density at radius 2 is 2.07 bits per heavy atom. The third kappa shape index (κ3) is 5.15. The van der Waals surface area contributed by atoms with E-state index >= 15 is 0 Å². The van der Waals surface area contributed by atoms with E-state index < -0.39 is 19.7 Å². The molecule has 2 amide bonds. The van der Waals surface area contributed by atoms with Gasteiger partial charge >= 0.3 is 6.03 Å². The van der Waals surface area contributed by atoms with Crippen LogP contribution in [0.25, 0.3) is 0 Å². The van der Waals surface area contributed by atoms with Crippen LogP contribution in [-0.2, 0) is 16.4 Å². The first-order chi connectivity index (χ1) is 13.1. The molecule has 158 valence electrons. The summed E-state index contributed by atoms with van der Waals surface area (Å²) >= 11 is 6.76. The molecular formula is C17H26Br2N4O4S. The van der Waals surface area contributed by atoms with Crippen LogP contribution in [0, 0.1) is 6.92 Å². The number of hydrogen-bond donors (Lipinski definition) is 2. The van der Waals surface area contributed by atoms with Crippen LogP contribution < -0.4 is 14.8 Å². The minimum Gasteiger partial charge on any atom is -0.481 e. The van der Waals surface area contributed by atoms with Crippen molar-refractivity contribution in [1.82, 2.24) is 14.7 Å². The molecule has 1 aromatic heterocycles. The molecule has 0 bridgehead atoms. The Kier molecular flexibility index (Phi) is 8.09. The fourth-order valence-corrected chi connectivity index (χ4v) is 6.51. The molecule has 0 aromatic carbocycles. The second kappa shape index (κ2) is 9.71. The number of rotatable bonds is 7. The summed E-state index contributed by atoms with van der Waals surface area (Å²) in [6.07, 6.45) is 5.55. The van der Waals surface area contributed by atoms with E-state index in [4.69, 9.17) is 4.74 Å². The summed E-state index contributed by atoms with van der Waals surface area (Å²) in [6, 6.07) is -0.910. The van der Waals surface area contributed by atoms with Gasteiger partial charge in [0.25, 0.3) is 10.0 Å². The quantitative estimate of drug-likeness (QED) is 0.504. The monoisotopic (exact) mass is 540 g/mol. The van der Waals surface area contributed by atoms with Crippen molar-refractivity contribution in [3.8, 4) is 5.88 Å². The van der Waals surface area contributed by atoms with Gasteiger partial charge in [0, 0.05) is 16.1 Å². The lowest BCUT2D eigenvalue weighted by Gasteiger charge is -2.35. The van der Waals surface area contributed by atoms with Gasteiger partial charge in [0.15, 0.2) is 3.66 Å². The number of carbonyl (C=O) groups is 1. The number of anilines is 1. The third-order valence-electron chi connectivity index (χ3n) is 4.74. The van der Waals surface area contributed by atoms with Gasteiger partial charge in [-0.2, -0.15) is 4.98 Å². The molecule has 1 heterocycles. The maximum absolute atomic E-state index is 12.8. The van der Waals surface area contributed by atoms with Crippen LogP contribution in [0.3, 0.4) is 0 Å². The van der Waals surface area contributed by atoms with Crippen molar-refractivity contribution in [3.63, 3.8) is 0 Å². The summed E-state index contributed by atoms with van der Waals surface area (Å²) in [5.74, 6) is 0.369. The standard InChI is InChI=1S/C17H26Br2N4O4S/c1-4-5-8-12-11(2)20-15(21-14(12)27-3)22-16(24)23-28(25,26)17(19)10-7-6-9-13(17)18/h13H,4-10H2,1-3H3,(H2,20,21,22,23,24). The number of aryl methyl sites for hydroxylation is 1. The number of ether oxygens (including phenoxy) is 1. The first kappa shape index (κ1) is 23.3. The van der Waals surface area contributed by atoms with E-state index in [1.54, 1.807) is 6.92 Å². The highest BCUT2D eigenvalue weighted by Crippen LogP contribution is 2.44.